The predicted octanol–water partition coefficient (Wildman–Crippen LogP) is 5.21. The number of benzene rings is 2. The summed E-state index contributed by atoms with van der Waals surface area (Å²) in [7, 11) is 0. The molecule has 0 saturated carbocycles. The van der Waals surface area contributed by atoms with Gasteiger partial charge in [-0.3, -0.25) is 4.79 Å². The van der Waals surface area contributed by atoms with Crippen LogP contribution >= 0.6 is 34.8 Å². The van der Waals surface area contributed by atoms with E-state index < -0.39 is 0 Å². The van der Waals surface area contributed by atoms with Crippen LogP contribution in [0.1, 0.15) is 15.9 Å². The Bertz CT molecular complexity index is 620. The Kier molecular flexibility index (Phi) is 4.35. The number of hydrogen-bond acceptors (Lipinski definition) is 1. The summed E-state index contributed by atoms with van der Waals surface area (Å²) in [5.41, 5.74) is 1.93. The van der Waals surface area contributed by atoms with E-state index in [9.17, 15) is 4.79 Å². The average Bonchev–Trinajstić information content (AvgIpc) is 2.26. The van der Waals surface area contributed by atoms with Crippen LogP contribution in [0.15, 0.2) is 36.4 Å². The maximum atomic E-state index is 12.1. The van der Waals surface area contributed by atoms with Crippen molar-refractivity contribution in [1.82, 2.24) is 0 Å². The number of nitrogens with one attached hydrogen (secondary N) is 1. The zero-order valence-electron chi connectivity index (χ0n) is 10.0. The summed E-state index contributed by atoms with van der Waals surface area (Å²) in [6.45, 7) is 1.91. The Morgan fingerprint density at radius 1 is 1.00 bits per heavy atom. The van der Waals surface area contributed by atoms with Crippen LogP contribution in [0, 0.1) is 6.92 Å². The molecule has 0 unspecified atom stereocenters. The minimum Gasteiger partial charge on any atom is -0.322 e. The second kappa shape index (κ2) is 5.83. The number of amides is 1. The normalized spacial score (nSPS) is 10.3. The van der Waals surface area contributed by atoms with E-state index in [1.807, 2.05) is 13.0 Å². The Balaban J connectivity index is 2.25. The van der Waals surface area contributed by atoms with Crippen molar-refractivity contribution < 1.29 is 4.79 Å². The average molecular weight is 315 g/mol. The molecule has 0 atom stereocenters. The molecular formula is C14H10Cl3NO. The Morgan fingerprint density at radius 2 is 1.63 bits per heavy atom. The summed E-state index contributed by atoms with van der Waals surface area (Å²) in [4.78, 5) is 12.1. The fourth-order valence-corrected chi connectivity index (χ4v) is 2.48. The van der Waals surface area contributed by atoms with Gasteiger partial charge in [0.2, 0.25) is 0 Å². The second-order valence-electron chi connectivity index (χ2n) is 4.10. The maximum Gasteiger partial charge on any atom is 0.257 e. The molecule has 1 N–H and O–H groups in total. The lowest BCUT2D eigenvalue weighted by atomic mass is 10.1. The molecule has 0 saturated heterocycles. The lowest BCUT2D eigenvalue weighted by molar-refractivity contribution is 0.102. The van der Waals surface area contributed by atoms with Crippen molar-refractivity contribution in [2.75, 3.05) is 5.32 Å². The van der Waals surface area contributed by atoms with Crippen molar-refractivity contribution in [2.24, 2.45) is 0 Å². The zero-order chi connectivity index (χ0) is 14.0. The Hall–Kier alpha value is -1.22. The topological polar surface area (TPSA) is 29.1 Å². The molecule has 2 rings (SSSR count). The van der Waals surface area contributed by atoms with Crippen LogP contribution in [0.4, 0.5) is 5.69 Å². The highest BCUT2D eigenvalue weighted by molar-refractivity contribution is 6.36. The summed E-state index contributed by atoms with van der Waals surface area (Å²) < 4.78 is 0. The van der Waals surface area contributed by atoms with Gasteiger partial charge < -0.3 is 5.32 Å². The second-order valence-corrected chi connectivity index (χ2v) is 5.38. The van der Waals surface area contributed by atoms with Gasteiger partial charge in [-0.2, -0.15) is 0 Å². The number of rotatable bonds is 2. The van der Waals surface area contributed by atoms with Crippen molar-refractivity contribution in [3.05, 3.63) is 62.6 Å². The van der Waals surface area contributed by atoms with E-state index in [0.717, 1.165) is 5.56 Å². The van der Waals surface area contributed by atoms with Crippen molar-refractivity contribution >= 4 is 46.4 Å². The van der Waals surface area contributed by atoms with Crippen LogP contribution in [0.25, 0.3) is 0 Å². The van der Waals surface area contributed by atoms with E-state index in [0.29, 0.717) is 26.3 Å². The van der Waals surface area contributed by atoms with Crippen LogP contribution in [-0.4, -0.2) is 5.91 Å². The van der Waals surface area contributed by atoms with Crippen LogP contribution in [-0.2, 0) is 0 Å². The number of hydrogen-bond donors (Lipinski definition) is 1. The minimum atomic E-state index is -0.302. The molecule has 2 nitrogen and oxygen atoms in total. The summed E-state index contributed by atoms with van der Waals surface area (Å²) in [6.07, 6.45) is 0. The first-order valence-electron chi connectivity index (χ1n) is 5.49. The number of anilines is 1. The van der Waals surface area contributed by atoms with E-state index in [1.165, 1.54) is 0 Å². The number of halogens is 3. The lowest BCUT2D eigenvalue weighted by Crippen LogP contribution is -2.12. The summed E-state index contributed by atoms with van der Waals surface area (Å²) in [5.74, 6) is -0.302. The van der Waals surface area contributed by atoms with E-state index >= 15 is 0 Å². The van der Waals surface area contributed by atoms with Crippen LogP contribution in [0.5, 0.6) is 0 Å². The molecule has 2 aromatic carbocycles. The molecule has 98 valence electrons. The molecular weight excluding hydrogens is 305 g/mol. The van der Waals surface area contributed by atoms with E-state index in [4.69, 9.17) is 34.8 Å². The predicted molar refractivity (Wildman–Crippen MR) is 80.6 cm³/mol. The van der Waals surface area contributed by atoms with Crippen molar-refractivity contribution in [3.63, 3.8) is 0 Å². The van der Waals surface area contributed by atoms with Gasteiger partial charge in [-0.1, -0.05) is 40.9 Å². The molecule has 0 spiro atoms. The van der Waals surface area contributed by atoms with Gasteiger partial charge in [0.15, 0.2) is 0 Å². The summed E-state index contributed by atoms with van der Waals surface area (Å²) >= 11 is 17.8. The standard InChI is InChI=1S/C14H10Cl3NO/c1-8-2-3-12(13(17)4-8)14(19)18-11-6-9(15)5-10(16)7-11/h2-7H,1H3,(H,18,19). The van der Waals surface area contributed by atoms with Crippen molar-refractivity contribution in [2.45, 2.75) is 6.92 Å². The summed E-state index contributed by atoms with van der Waals surface area (Å²) in [6, 6.07) is 10.1. The molecule has 0 aliphatic rings. The van der Waals surface area contributed by atoms with E-state index in [2.05, 4.69) is 5.32 Å². The molecule has 0 fully saturated rings. The van der Waals surface area contributed by atoms with Crippen LogP contribution in [0.2, 0.25) is 15.1 Å². The molecule has 2 aromatic rings. The molecule has 0 aliphatic heterocycles. The molecule has 0 bridgehead atoms. The van der Waals surface area contributed by atoms with Crippen LogP contribution in [0.3, 0.4) is 0 Å². The molecule has 0 heterocycles. The first kappa shape index (κ1) is 14.2. The first-order chi connectivity index (χ1) is 8.95. The lowest BCUT2D eigenvalue weighted by Gasteiger charge is -2.08. The van der Waals surface area contributed by atoms with Gasteiger partial charge in [0.1, 0.15) is 0 Å². The largest absolute Gasteiger partial charge is 0.322 e. The molecule has 5 heteroatoms. The molecule has 19 heavy (non-hydrogen) atoms. The minimum absolute atomic E-state index is 0.302. The van der Waals surface area contributed by atoms with Gasteiger partial charge in [-0.05, 0) is 42.8 Å². The maximum absolute atomic E-state index is 12.1. The van der Waals surface area contributed by atoms with Gasteiger partial charge >= 0.3 is 0 Å². The fraction of sp³-hybridized carbons (Fsp3) is 0.0714. The highest BCUT2D eigenvalue weighted by atomic mass is 35.5. The van der Waals surface area contributed by atoms with Crippen LogP contribution < -0.4 is 5.32 Å². The van der Waals surface area contributed by atoms with Gasteiger partial charge in [0.05, 0.1) is 10.6 Å². The number of carbonyl (C=O) groups is 1. The third-order valence-electron chi connectivity index (χ3n) is 2.49. The van der Waals surface area contributed by atoms with Gasteiger partial charge in [0, 0.05) is 15.7 Å². The van der Waals surface area contributed by atoms with E-state index in [-0.39, 0.29) is 5.91 Å². The quantitative estimate of drug-likeness (QED) is 0.810. The molecule has 0 aliphatic carbocycles. The van der Waals surface area contributed by atoms with Crippen molar-refractivity contribution in [1.29, 1.82) is 0 Å². The van der Waals surface area contributed by atoms with Crippen molar-refractivity contribution in [3.8, 4) is 0 Å². The van der Waals surface area contributed by atoms with Gasteiger partial charge in [0.25, 0.3) is 5.91 Å². The first-order valence-corrected chi connectivity index (χ1v) is 6.63. The third kappa shape index (κ3) is 3.63. The number of aryl methyl sites for hydroxylation is 1. The number of carbonyl (C=O) groups excluding carboxylic acids is 1. The third-order valence-corrected chi connectivity index (χ3v) is 3.24. The zero-order valence-corrected chi connectivity index (χ0v) is 12.3. The summed E-state index contributed by atoms with van der Waals surface area (Å²) in [5, 5.41) is 4.03. The fourth-order valence-electron chi connectivity index (χ4n) is 1.63. The SMILES string of the molecule is Cc1ccc(C(=O)Nc2cc(Cl)cc(Cl)c2)c(Cl)c1. The highest BCUT2D eigenvalue weighted by Crippen LogP contribution is 2.24. The molecule has 0 radical (unpaired) electrons. The monoisotopic (exact) mass is 313 g/mol. The smallest absolute Gasteiger partial charge is 0.257 e. The highest BCUT2D eigenvalue weighted by Gasteiger charge is 2.11. The van der Waals surface area contributed by atoms with Gasteiger partial charge in [-0.25, -0.2) is 0 Å². The van der Waals surface area contributed by atoms with E-state index in [1.54, 1.807) is 30.3 Å². The van der Waals surface area contributed by atoms with Gasteiger partial charge in [-0.15, -0.1) is 0 Å². The Morgan fingerprint density at radius 3 is 2.21 bits per heavy atom. The molecule has 1 amide bonds. The Labute approximate surface area is 126 Å². The molecule has 0 aromatic heterocycles.